The van der Waals surface area contributed by atoms with E-state index in [0.717, 1.165) is 33.0 Å². The lowest BCUT2D eigenvalue weighted by Crippen LogP contribution is -2.53. The third kappa shape index (κ3) is 8.49. The summed E-state index contributed by atoms with van der Waals surface area (Å²) in [5, 5.41) is 3.36. The maximum atomic E-state index is 14.5. The fourth-order valence-electron chi connectivity index (χ4n) is 4.97. The Morgan fingerprint density at radius 3 is 2.09 bits per heavy atom. The van der Waals surface area contributed by atoms with E-state index in [1.54, 1.807) is 18.2 Å². The Labute approximate surface area is 265 Å². The first-order valence-corrected chi connectivity index (χ1v) is 16.4. The Bertz CT molecular complexity index is 1680. The lowest BCUT2D eigenvalue weighted by atomic mass is 10.0. The van der Waals surface area contributed by atoms with Crippen molar-refractivity contribution in [2.24, 2.45) is 0 Å². The van der Waals surface area contributed by atoms with Gasteiger partial charge < -0.3 is 10.2 Å². The zero-order valence-corrected chi connectivity index (χ0v) is 26.8. The van der Waals surface area contributed by atoms with Gasteiger partial charge in [-0.3, -0.25) is 13.9 Å². The molecule has 4 aromatic rings. The van der Waals surface area contributed by atoms with Gasteiger partial charge in [0.2, 0.25) is 11.8 Å². The van der Waals surface area contributed by atoms with Crippen molar-refractivity contribution < 1.29 is 18.0 Å². The lowest BCUT2D eigenvalue weighted by Gasteiger charge is -2.34. The molecule has 230 valence electrons. The zero-order valence-electron chi connectivity index (χ0n) is 25.2. The van der Waals surface area contributed by atoms with Crippen molar-refractivity contribution in [2.75, 3.05) is 17.4 Å². The van der Waals surface area contributed by atoms with Crippen molar-refractivity contribution in [1.82, 2.24) is 10.2 Å². The number of carbonyl (C=O) groups excluding carboxylic acids is 2. The first-order chi connectivity index (χ1) is 21.1. The molecule has 0 aliphatic heterocycles. The van der Waals surface area contributed by atoms with Crippen molar-refractivity contribution in [1.29, 1.82) is 0 Å². The summed E-state index contributed by atoms with van der Waals surface area (Å²) in [6, 6.07) is 29.2. The van der Waals surface area contributed by atoms with E-state index in [1.807, 2.05) is 81.4 Å². The molecule has 0 unspecified atom stereocenters. The lowest BCUT2D eigenvalue weighted by molar-refractivity contribution is -0.140. The van der Waals surface area contributed by atoms with Gasteiger partial charge in [0, 0.05) is 24.5 Å². The number of benzene rings is 4. The predicted octanol–water partition coefficient (Wildman–Crippen LogP) is 6.32. The highest BCUT2D eigenvalue weighted by Crippen LogP contribution is 2.27. The first kappa shape index (κ1) is 32.8. The summed E-state index contributed by atoms with van der Waals surface area (Å²) >= 11 is 6.05. The standard InChI is InChI=1S/C35H38ClN3O4S/c1-4-20-37-35(41)33(23-28-12-6-5-7-13-28)38(24-29-14-8-10-26(2)21-29)34(40)25-39(31-15-9-11-27(3)22-31)44(42,43)32-18-16-30(36)17-19-32/h5-19,21-22,33H,4,20,23-25H2,1-3H3,(H,37,41)/t33-/m1/s1. The molecule has 7 nitrogen and oxygen atoms in total. The summed E-state index contributed by atoms with van der Waals surface area (Å²) in [6.07, 6.45) is 0.998. The van der Waals surface area contributed by atoms with Crippen LogP contribution in [0.3, 0.4) is 0 Å². The van der Waals surface area contributed by atoms with E-state index in [-0.39, 0.29) is 23.8 Å². The van der Waals surface area contributed by atoms with Crippen LogP contribution in [0, 0.1) is 13.8 Å². The molecule has 0 fully saturated rings. The normalized spacial score (nSPS) is 11.9. The minimum atomic E-state index is -4.19. The number of halogens is 1. The van der Waals surface area contributed by atoms with E-state index in [9.17, 15) is 18.0 Å². The number of amides is 2. The molecule has 0 radical (unpaired) electrons. The van der Waals surface area contributed by atoms with Gasteiger partial charge in [-0.1, -0.05) is 90.8 Å². The van der Waals surface area contributed by atoms with Gasteiger partial charge in [0.15, 0.2) is 0 Å². The molecule has 1 N–H and O–H groups in total. The number of sulfonamides is 1. The number of anilines is 1. The van der Waals surface area contributed by atoms with Crippen LogP contribution in [-0.2, 0) is 32.6 Å². The molecule has 4 rings (SSSR count). The van der Waals surface area contributed by atoms with E-state index in [2.05, 4.69) is 5.32 Å². The van der Waals surface area contributed by atoms with Crippen LogP contribution in [0.1, 0.15) is 35.6 Å². The third-order valence-electron chi connectivity index (χ3n) is 7.23. The van der Waals surface area contributed by atoms with Gasteiger partial charge in [-0.25, -0.2) is 8.42 Å². The minimum Gasteiger partial charge on any atom is -0.354 e. The molecule has 2 amide bonds. The van der Waals surface area contributed by atoms with Crippen molar-refractivity contribution in [3.8, 4) is 0 Å². The summed E-state index contributed by atoms with van der Waals surface area (Å²) in [6.45, 7) is 5.85. The average molecular weight is 632 g/mol. The Kier molecular flexibility index (Phi) is 11.2. The summed E-state index contributed by atoms with van der Waals surface area (Å²) in [5.41, 5.74) is 3.91. The Hall–Kier alpha value is -4.14. The quantitative estimate of drug-likeness (QED) is 0.187. The summed E-state index contributed by atoms with van der Waals surface area (Å²) in [5.74, 6) is -0.794. The van der Waals surface area contributed by atoms with Crippen LogP contribution in [0.15, 0.2) is 108 Å². The molecule has 0 aromatic heterocycles. The topological polar surface area (TPSA) is 86.8 Å². The second kappa shape index (κ2) is 15.0. The minimum absolute atomic E-state index is 0.00275. The second-order valence-corrected chi connectivity index (χ2v) is 13.1. The summed E-state index contributed by atoms with van der Waals surface area (Å²) in [4.78, 5) is 29.7. The SMILES string of the molecule is CCCNC(=O)[C@@H](Cc1ccccc1)N(Cc1cccc(C)c1)C(=O)CN(c1cccc(C)c1)S(=O)(=O)c1ccc(Cl)cc1. The van der Waals surface area contributed by atoms with E-state index >= 15 is 0 Å². The van der Waals surface area contributed by atoms with Crippen LogP contribution in [0.5, 0.6) is 0 Å². The van der Waals surface area contributed by atoms with Gasteiger partial charge in [-0.05, 0) is 73.4 Å². The van der Waals surface area contributed by atoms with Gasteiger partial charge >= 0.3 is 0 Å². The third-order valence-corrected chi connectivity index (χ3v) is 9.27. The van der Waals surface area contributed by atoms with Gasteiger partial charge in [0.25, 0.3) is 10.0 Å². The Morgan fingerprint density at radius 1 is 0.818 bits per heavy atom. The van der Waals surface area contributed by atoms with E-state index in [0.29, 0.717) is 17.3 Å². The average Bonchev–Trinajstić information content (AvgIpc) is 3.01. The molecule has 4 aromatic carbocycles. The number of nitrogens with zero attached hydrogens (tertiary/aromatic N) is 2. The van der Waals surface area contributed by atoms with Crippen LogP contribution in [0.2, 0.25) is 5.02 Å². The maximum absolute atomic E-state index is 14.5. The number of rotatable bonds is 13. The molecule has 44 heavy (non-hydrogen) atoms. The summed E-state index contributed by atoms with van der Waals surface area (Å²) < 4.78 is 29.3. The molecule has 0 saturated carbocycles. The fraction of sp³-hybridized carbons (Fsp3) is 0.257. The van der Waals surface area contributed by atoms with Crippen LogP contribution < -0.4 is 9.62 Å². The zero-order chi connectivity index (χ0) is 31.7. The molecule has 0 aliphatic carbocycles. The van der Waals surface area contributed by atoms with Gasteiger partial charge in [-0.2, -0.15) is 0 Å². The molecule has 0 bridgehead atoms. The number of hydrogen-bond acceptors (Lipinski definition) is 4. The molecular formula is C35H38ClN3O4S. The molecular weight excluding hydrogens is 594 g/mol. The van der Waals surface area contributed by atoms with Crippen molar-refractivity contribution in [3.05, 3.63) is 130 Å². The van der Waals surface area contributed by atoms with E-state index < -0.39 is 28.5 Å². The molecule has 0 heterocycles. The second-order valence-electron chi connectivity index (χ2n) is 10.8. The van der Waals surface area contributed by atoms with Crippen molar-refractivity contribution in [2.45, 2.75) is 51.1 Å². The van der Waals surface area contributed by atoms with Crippen LogP contribution in [0.25, 0.3) is 0 Å². The molecule has 0 aliphatic rings. The van der Waals surface area contributed by atoms with Crippen molar-refractivity contribution >= 4 is 39.1 Å². The Balaban J connectivity index is 1.80. The van der Waals surface area contributed by atoms with Crippen LogP contribution >= 0.6 is 11.6 Å². The smallest absolute Gasteiger partial charge is 0.264 e. The maximum Gasteiger partial charge on any atom is 0.264 e. The highest BCUT2D eigenvalue weighted by Gasteiger charge is 2.34. The van der Waals surface area contributed by atoms with Crippen LogP contribution in [0.4, 0.5) is 5.69 Å². The van der Waals surface area contributed by atoms with Gasteiger partial charge in [0.1, 0.15) is 12.6 Å². The van der Waals surface area contributed by atoms with Gasteiger partial charge in [0.05, 0.1) is 10.6 Å². The van der Waals surface area contributed by atoms with Gasteiger partial charge in [-0.15, -0.1) is 0 Å². The Morgan fingerprint density at radius 2 is 1.45 bits per heavy atom. The fourth-order valence-corrected chi connectivity index (χ4v) is 6.50. The largest absolute Gasteiger partial charge is 0.354 e. The van der Waals surface area contributed by atoms with E-state index in [4.69, 9.17) is 11.6 Å². The molecule has 9 heteroatoms. The number of hydrogen-bond donors (Lipinski definition) is 1. The molecule has 0 spiro atoms. The van der Waals surface area contributed by atoms with Crippen LogP contribution in [-0.4, -0.2) is 44.3 Å². The number of nitrogens with one attached hydrogen (secondary N) is 1. The van der Waals surface area contributed by atoms with E-state index in [1.165, 1.54) is 29.2 Å². The number of aryl methyl sites for hydroxylation is 2. The number of carbonyl (C=O) groups is 2. The monoisotopic (exact) mass is 631 g/mol. The molecule has 0 saturated heterocycles. The predicted molar refractivity (Wildman–Crippen MR) is 176 cm³/mol. The summed E-state index contributed by atoms with van der Waals surface area (Å²) in [7, 11) is -4.19. The first-order valence-electron chi connectivity index (χ1n) is 14.6. The highest BCUT2D eigenvalue weighted by molar-refractivity contribution is 7.92. The van der Waals surface area contributed by atoms with Crippen molar-refractivity contribution in [3.63, 3.8) is 0 Å². The molecule has 1 atom stereocenters. The highest BCUT2D eigenvalue weighted by atomic mass is 35.5.